The molecule has 0 atom stereocenters. The predicted molar refractivity (Wildman–Crippen MR) is 123 cm³/mol. The molecule has 3 aromatic carbocycles. The van der Waals surface area contributed by atoms with E-state index in [0.717, 1.165) is 16.8 Å². The maximum atomic E-state index is 12.6. The van der Waals surface area contributed by atoms with Gasteiger partial charge in [0.15, 0.2) is 16.8 Å². The van der Waals surface area contributed by atoms with Crippen LogP contribution in [-0.4, -0.2) is 26.3 Å². The van der Waals surface area contributed by atoms with Crippen LogP contribution in [0.2, 0.25) is 10.0 Å². The highest BCUT2D eigenvalue weighted by Crippen LogP contribution is 2.29. The number of ketones is 1. The topological polar surface area (TPSA) is 47.8 Å². The van der Waals surface area contributed by atoms with Crippen LogP contribution in [0.4, 0.5) is 0 Å². The Morgan fingerprint density at radius 3 is 2.27 bits per heavy atom. The Hall–Kier alpha value is -2.60. The zero-order valence-electron chi connectivity index (χ0n) is 16.0. The van der Waals surface area contributed by atoms with Crippen molar-refractivity contribution in [1.82, 2.24) is 14.8 Å². The predicted octanol–water partition coefficient (Wildman–Crippen LogP) is 6.52. The fourth-order valence-corrected chi connectivity index (χ4v) is 4.11. The van der Waals surface area contributed by atoms with Crippen molar-refractivity contribution >= 4 is 40.7 Å². The van der Waals surface area contributed by atoms with E-state index in [1.165, 1.54) is 11.8 Å². The van der Waals surface area contributed by atoms with Gasteiger partial charge in [0.2, 0.25) is 0 Å². The number of nitrogens with zero attached hydrogens (tertiary/aromatic N) is 3. The summed E-state index contributed by atoms with van der Waals surface area (Å²) in [6, 6.07) is 22.4. The molecule has 4 aromatic rings. The highest BCUT2D eigenvalue weighted by atomic mass is 35.5. The van der Waals surface area contributed by atoms with E-state index >= 15 is 0 Å². The van der Waals surface area contributed by atoms with Crippen LogP contribution in [0.5, 0.6) is 0 Å². The SMILES string of the molecule is Cc1cccc(-c2nnc(SCC(=O)c3ccc(Cl)cc3)n2-c2ccc(Cl)cc2)c1. The number of hydrogen-bond acceptors (Lipinski definition) is 4. The molecule has 0 amide bonds. The quantitative estimate of drug-likeness (QED) is 0.246. The molecule has 0 aliphatic heterocycles. The number of aryl methyl sites for hydroxylation is 1. The number of Topliss-reactive ketones (excluding diaryl/α,β-unsaturated/α-hetero) is 1. The van der Waals surface area contributed by atoms with Crippen LogP contribution in [0.15, 0.2) is 78.0 Å². The van der Waals surface area contributed by atoms with Gasteiger partial charge < -0.3 is 0 Å². The van der Waals surface area contributed by atoms with Crippen LogP contribution in [0.1, 0.15) is 15.9 Å². The Labute approximate surface area is 188 Å². The van der Waals surface area contributed by atoms with E-state index in [1.807, 2.05) is 54.0 Å². The standard InChI is InChI=1S/C23H17Cl2N3OS/c1-15-3-2-4-17(13-15)22-26-27-23(28(22)20-11-9-19(25)10-12-20)30-14-21(29)16-5-7-18(24)8-6-16/h2-13H,14H2,1H3. The molecule has 30 heavy (non-hydrogen) atoms. The van der Waals surface area contributed by atoms with Crippen molar-refractivity contribution in [3.05, 3.63) is 94.0 Å². The van der Waals surface area contributed by atoms with Gasteiger partial charge in [-0.1, -0.05) is 58.7 Å². The second-order valence-corrected chi connectivity index (χ2v) is 8.52. The number of benzene rings is 3. The van der Waals surface area contributed by atoms with E-state index < -0.39 is 0 Å². The van der Waals surface area contributed by atoms with Crippen molar-refractivity contribution in [2.75, 3.05) is 5.75 Å². The van der Waals surface area contributed by atoms with Gasteiger partial charge >= 0.3 is 0 Å². The molecule has 1 heterocycles. The van der Waals surface area contributed by atoms with E-state index in [-0.39, 0.29) is 11.5 Å². The van der Waals surface area contributed by atoms with Crippen molar-refractivity contribution in [2.24, 2.45) is 0 Å². The van der Waals surface area contributed by atoms with Gasteiger partial charge in [-0.25, -0.2) is 0 Å². The van der Waals surface area contributed by atoms with Gasteiger partial charge in [-0.3, -0.25) is 9.36 Å². The minimum absolute atomic E-state index is 0.000529. The van der Waals surface area contributed by atoms with Crippen molar-refractivity contribution in [2.45, 2.75) is 12.1 Å². The van der Waals surface area contributed by atoms with Gasteiger partial charge in [0.25, 0.3) is 0 Å². The summed E-state index contributed by atoms with van der Waals surface area (Å²) in [5.74, 6) is 0.947. The number of rotatable bonds is 6. The van der Waals surface area contributed by atoms with Crippen molar-refractivity contribution in [3.8, 4) is 17.1 Å². The Balaban J connectivity index is 1.68. The normalized spacial score (nSPS) is 10.9. The molecule has 0 aliphatic rings. The number of carbonyl (C=O) groups excluding carboxylic acids is 1. The largest absolute Gasteiger partial charge is 0.293 e. The molecule has 4 nitrogen and oxygen atoms in total. The summed E-state index contributed by atoms with van der Waals surface area (Å²) in [5, 5.41) is 10.7. The second kappa shape index (κ2) is 9.04. The maximum Gasteiger partial charge on any atom is 0.196 e. The molecule has 150 valence electrons. The highest BCUT2D eigenvalue weighted by molar-refractivity contribution is 7.99. The molecule has 7 heteroatoms. The third-order valence-corrected chi connectivity index (χ3v) is 5.93. The minimum Gasteiger partial charge on any atom is -0.293 e. The molecule has 0 saturated heterocycles. The lowest BCUT2D eigenvalue weighted by Gasteiger charge is -2.11. The van der Waals surface area contributed by atoms with Crippen LogP contribution < -0.4 is 0 Å². The molecule has 0 aliphatic carbocycles. The van der Waals surface area contributed by atoms with Crippen LogP contribution >= 0.6 is 35.0 Å². The van der Waals surface area contributed by atoms with Gasteiger partial charge in [-0.2, -0.15) is 0 Å². The second-order valence-electron chi connectivity index (χ2n) is 6.71. The van der Waals surface area contributed by atoms with Crippen LogP contribution in [0, 0.1) is 6.92 Å². The lowest BCUT2D eigenvalue weighted by molar-refractivity contribution is 0.102. The van der Waals surface area contributed by atoms with E-state index in [4.69, 9.17) is 23.2 Å². The summed E-state index contributed by atoms with van der Waals surface area (Å²) >= 11 is 13.3. The smallest absolute Gasteiger partial charge is 0.196 e. The van der Waals surface area contributed by atoms with Crippen molar-refractivity contribution < 1.29 is 4.79 Å². The molecule has 0 bridgehead atoms. The van der Waals surface area contributed by atoms with E-state index in [9.17, 15) is 4.79 Å². The van der Waals surface area contributed by atoms with Gasteiger partial charge in [0.05, 0.1) is 5.75 Å². The fourth-order valence-electron chi connectivity index (χ4n) is 3.01. The number of aromatic nitrogens is 3. The molecule has 0 saturated carbocycles. The zero-order chi connectivity index (χ0) is 21.1. The minimum atomic E-state index is -0.000529. The molecule has 0 N–H and O–H groups in total. The van der Waals surface area contributed by atoms with Gasteiger partial charge in [-0.05, 0) is 61.5 Å². The molecule has 0 unspecified atom stereocenters. The summed E-state index contributed by atoms with van der Waals surface area (Å²) in [6.45, 7) is 2.03. The van der Waals surface area contributed by atoms with Crippen LogP contribution in [-0.2, 0) is 0 Å². The summed E-state index contributed by atoms with van der Waals surface area (Å²) < 4.78 is 1.95. The van der Waals surface area contributed by atoms with Gasteiger partial charge in [0.1, 0.15) is 0 Å². The molecular formula is C23H17Cl2N3OS. The molecular weight excluding hydrogens is 437 g/mol. The molecule has 0 radical (unpaired) electrons. The summed E-state index contributed by atoms with van der Waals surface area (Å²) in [7, 11) is 0. The number of hydrogen-bond donors (Lipinski definition) is 0. The Bertz CT molecular complexity index is 1190. The molecule has 0 spiro atoms. The first-order chi connectivity index (χ1) is 14.5. The van der Waals surface area contributed by atoms with E-state index in [2.05, 4.69) is 16.3 Å². The number of halogens is 2. The lowest BCUT2D eigenvalue weighted by atomic mass is 10.1. The van der Waals surface area contributed by atoms with Gasteiger partial charge in [-0.15, -0.1) is 10.2 Å². The fraction of sp³-hybridized carbons (Fsp3) is 0.0870. The Kier molecular flexibility index (Phi) is 6.23. The molecule has 0 fully saturated rings. The number of thioether (sulfide) groups is 1. The summed E-state index contributed by atoms with van der Waals surface area (Å²) in [6.07, 6.45) is 0. The maximum absolute atomic E-state index is 12.6. The lowest BCUT2D eigenvalue weighted by Crippen LogP contribution is -2.05. The third-order valence-electron chi connectivity index (χ3n) is 4.49. The Morgan fingerprint density at radius 2 is 1.60 bits per heavy atom. The van der Waals surface area contributed by atoms with E-state index in [1.54, 1.807) is 24.3 Å². The number of carbonyl (C=O) groups is 1. The van der Waals surface area contributed by atoms with Gasteiger partial charge in [0, 0.05) is 26.9 Å². The Morgan fingerprint density at radius 1 is 0.933 bits per heavy atom. The first kappa shape index (κ1) is 20.7. The summed E-state index contributed by atoms with van der Waals surface area (Å²) in [4.78, 5) is 12.6. The molecule has 1 aromatic heterocycles. The average molecular weight is 454 g/mol. The van der Waals surface area contributed by atoms with Crippen LogP contribution in [0.25, 0.3) is 17.1 Å². The third kappa shape index (κ3) is 4.59. The first-order valence-corrected chi connectivity index (χ1v) is 11.0. The van der Waals surface area contributed by atoms with Crippen molar-refractivity contribution in [1.29, 1.82) is 0 Å². The van der Waals surface area contributed by atoms with Crippen molar-refractivity contribution in [3.63, 3.8) is 0 Å². The van der Waals surface area contributed by atoms with E-state index in [0.29, 0.717) is 26.6 Å². The highest BCUT2D eigenvalue weighted by Gasteiger charge is 2.18. The average Bonchev–Trinajstić information content (AvgIpc) is 3.17. The zero-order valence-corrected chi connectivity index (χ0v) is 18.4. The van der Waals surface area contributed by atoms with Crippen LogP contribution in [0.3, 0.4) is 0 Å². The first-order valence-electron chi connectivity index (χ1n) is 9.21. The molecule has 4 rings (SSSR count). The summed E-state index contributed by atoms with van der Waals surface area (Å²) in [5.41, 5.74) is 3.57. The monoisotopic (exact) mass is 453 g/mol.